The van der Waals surface area contributed by atoms with E-state index < -0.39 is 0 Å². The number of para-hydroxylation sites is 1. The second-order valence-corrected chi connectivity index (χ2v) is 5.27. The number of piperidine rings is 1. The molecule has 100 valence electrons. The third-order valence-electron chi connectivity index (χ3n) is 3.97. The molecule has 0 amide bonds. The maximum absolute atomic E-state index is 5.48. The lowest BCUT2D eigenvalue weighted by atomic mass is 10.1. The lowest BCUT2D eigenvalue weighted by Crippen LogP contribution is -2.34. The molecular weight excluding hydrogens is 236 g/mol. The minimum Gasteiger partial charge on any atom is -0.492 e. The number of methoxy groups -OCH3 is 1. The molecule has 0 saturated carbocycles. The van der Waals surface area contributed by atoms with Crippen LogP contribution in [0.15, 0.2) is 24.3 Å². The molecule has 2 heterocycles. The van der Waals surface area contributed by atoms with Crippen LogP contribution in [-0.4, -0.2) is 20.2 Å². The van der Waals surface area contributed by atoms with E-state index in [1.807, 2.05) is 12.1 Å². The summed E-state index contributed by atoms with van der Waals surface area (Å²) in [5, 5.41) is 1.24. The molecule has 0 atom stereocenters. The number of aromatic nitrogens is 1. The van der Waals surface area contributed by atoms with E-state index in [0.717, 1.165) is 24.4 Å². The molecule has 1 N–H and O–H groups in total. The number of nitrogens with one attached hydrogen (secondary N) is 1. The lowest BCUT2D eigenvalue weighted by molar-refractivity contribution is -0.331. The van der Waals surface area contributed by atoms with E-state index in [9.17, 15) is 0 Å². The number of ether oxygens (including phenoxy) is 1. The zero-order chi connectivity index (χ0) is 13.2. The van der Waals surface area contributed by atoms with Gasteiger partial charge in [-0.15, -0.1) is 0 Å². The molecule has 1 aromatic heterocycles. The van der Waals surface area contributed by atoms with E-state index in [-0.39, 0.29) is 0 Å². The number of anilines is 1. The van der Waals surface area contributed by atoms with Crippen LogP contribution in [0.3, 0.4) is 0 Å². The predicted molar refractivity (Wildman–Crippen MR) is 77.9 cm³/mol. The summed E-state index contributed by atoms with van der Waals surface area (Å²) < 4.78 is 5.48. The predicted octanol–water partition coefficient (Wildman–Crippen LogP) is 2.96. The van der Waals surface area contributed by atoms with Crippen molar-refractivity contribution in [1.82, 2.24) is 0 Å². The maximum atomic E-state index is 5.48. The lowest BCUT2D eigenvalue weighted by Gasteiger charge is -2.21. The van der Waals surface area contributed by atoms with Gasteiger partial charge in [0.15, 0.2) is 11.3 Å². The van der Waals surface area contributed by atoms with Crippen molar-refractivity contribution in [1.29, 1.82) is 0 Å². The fourth-order valence-corrected chi connectivity index (χ4v) is 2.91. The molecule has 1 saturated heterocycles. The van der Waals surface area contributed by atoms with Crippen LogP contribution < -0.4 is 14.6 Å². The number of H-pyrrole nitrogens is 1. The van der Waals surface area contributed by atoms with Gasteiger partial charge in [0, 0.05) is 11.5 Å². The van der Waals surface area contributed by atoms with Gasteiger partial charge in [0.1, 0.15) is 0 Å². The van der Waals surface area contributed by atoms with Crippen LogP contribution in [0.4, 0.5) is 5.82 Å². The molecule has 0 spiro atoms. The monoisotopic (exact) mass is 257 g/mol. The first-order valence-electron chi connectivity index (χ1n) is 7.04. The number of nitrogens with zero attached hydrogens (tertiary/aromatic N) is 1. The molecular formula is C16H21N2O+. The Morgan fingerprint density at radius 3 is 2.68 bits per heavy atom. The smallest absolute Gasteiger partial charge is 0.275 e. The molecule has 3 nitrogen and oxygen atoms in total. The quantitative estimate of drug-likeness (QED) is 0.827. The van der Waals surface area contributed by atoms with Gasteiger partial charge in [-0.1, -0.05) is 12.1 Å². The Balaban J connectivity index is 2.11. The Kier molecular flexibility index (Phi) is 3.28. The van der Waals surface area contributed by atoms with Crippen LogP contribution in [0.1, 0.15) is 24.8 Å². The van der Waals surface area contributed by atoms with Gasteiger partial charge in [-0.2, -0.15) is 0 Å². The molecule has 1 aliphatic rings. The molecule has 0 bridgehead atoms. The van der Waals surface area contributed by atoms with E-state index in [0.29, 0.717) is 0 Å². The van der Waals surface area contributed by atoms with Gasteiger partial charge in [-0.05, 0) is 37.8 Å². The number of rotatable bonds is 2. The van der Waals surface area contributed by atoms with Crippen LogP contribution in [0, 0.1) is 6.92 Å². The fraction of sp³-hybridized carbons (Fsp3) is 0.438. The molecule has 2 aromatic rings. The van der Waals surface area contributed by atoms with Crippen molar-refractivity contribution in [2.75, 3.05) is 25.1 Å². The number of benzene rings is 1. The van der Waals surface area contributed by atoms with Crippen molar-refractivity contribution in [3.05, 3.63) is 29.8 Å². The maximum Gasteiger partial charge on any atom is 0.275 e. The molecule has 0 unspecified atom stereocenters. The van der Waals surface area contributed by atoms with Crippen LogP contribution >= 0.6 is 0 Å². The van der Waals surface area contributed by atoms with E-state index in [4.69, 9.17) is 4.74 Å². The third-order valence-corrected chi connectivity index (χ3v) is 3.97. The molecule has 1 aliphatic heterocycles. The molecule has 0 aliphatic carbocycles. The van der Waals surface area contributed by atoms with Crippen LogP contribution in [0.2, 0.25) is 0 Å². The van der Waals surface area contributed by atoms with Crippen LogP contribution in [-0.2, 0) is 0 Å². The summed E-state index contributed by atoms with van der Waals surface area (Å²) in [4.78, 5) is 6.00. The van der Waals surface area contributed by atoms with Crippen LogP contribution in [0.5, 0.6) is 5.75 Å². The van der Waals surface area contributed by atoms with Gasteiger partial charge in [0.05, 0.1) is 20.2 Å². The van der Waals surface area contributed by atoms with Crippen molar-refractivity contribution < 1.29 is 9.72 Å². The Bertz CT molecular complexity index is 589. The van der Waals surface area contributed by atoms with Gasteiger partial charge in [0.2, 0.25) is 0 Å². The summed E-state index contributed by atoms with van der Waals surface area (Å²) in [5.74, 6) is 2.13. The Labute approximate surface area is 114 Å². The minimum atomic E-state index is 0.916. The highest BCUT2D eigenvalue weighted by Gasteiger charge is 2.20. The van der Waals surface area contributed by atoms with Crippen LogP contribution in [0.25, 0.3) is 10.9 Å². The van der Waals surface area contributed by atoms with Gasteiger partial charge < -0.3 is 4.74 Å². The SMILES string of the molecule is COc1cccc2c(C)cc(N3CCCCC3)[nH+]c12. The van der Waals surface area contributed by atoms with Gasteiger partial charge in [0.25, 0.3) is 5.82 Å². The average Bonchev–Trinajstić information content (AvgIpc) is 2.47. The first kappa shape index (κ1) is 12.3. The fourth-order valence-electron chi connectivity index (χ4n) is 2.91. The normalized spacial score (nSPS) is 15.8. The second kappa shape index (κ2) is 5.08. The Morgan fingerprint density at radius 2 is 1.95 bits per heavy atom. The van der Waals surface area contributed by atoms with E-state index in [1.165, 1.54) is 36.0 Å². The largest absolute Gasteiger partial charge is 0.492 e. The van der Waals surface area contributed by atoms with E-state index >= 15 is 0 Å². The number of fused-ring (bicyclic) bond motifs is 1. The van der Waals surface area contributed by atoms with E-state index in [2.05, 4.69) is 28.9 Å². The number of hydrogen-bond donors (Lipinski definition) is 0. The summed E-state index contributed by atoms with van der Waals surface area (Å²) in [5.41, 5.74) is 2.40. The average molecular weight is 257 g/mol. The summed E-state index contributed by atoms with van der Waals surface area (Å²) in [6, 6.07) is 8.46. The number of pyridine rings is 1. The van der Waals surface area contributed by atoms with Gasteiger partial charge >= 0.3 is 0 Å². The third kappa shape index (κ3) is 2.25. The van der Waals surface area contributed by atoms with Crippen molar-refractivity contribution in [3.63, 3.8) is 0 Å². The number of aromatic amines is 1. The number of aryl methyl sites for hydroxylation is 1. The zero-order valence-electron chi connectivity index (χ0n) is 11.7. The van der Waals surface area contributed by atoms with Gasteiger partial charge in [-0.3, -0.25) is 4.90 Å². The first-order chi connectivity index (χ1) is 9.29. The zero-order valence-corrected chi connectivity index (χ0v) is 11.7. The summed E-state index contributed by atoms with van der Waals surface area (Å²) >= 11 is 0. The topological polar surface area (TPSA) is 26.6 Å². The van der Waals surface area contributed by atoms with Crippen molar-refractivity contribution in [2.45, 2.75) is 26.2 Å². The molecule has 0 radical (unpaired) electrons. The second-order valence-electron chi connectivity index (χ2n) is 5.27. The van der Waals surface area contributed by atoms with Crippen molar-refractivity contribution in [3.8, 4) is 5.75 Å². The molecule has 19 heavy (non-hydrogen) atoms. The molecule has 3 heteroatoms. The number of hydrogen-bond acceptors (Lipinski definition) is 2. The van der Waals surface area contributed by atoms with Crippen molar-refractivity contribution >= 4 is 16.7 Å². The Morgan fingerprint density at radius 1 is 1.16 bits per heavy atom. The summed E-state index contributed by atoms with van der Waals surface area (Å²) in [6.07, 6.45) is 3.93. The summed E-state index contributed by atoms with van der Waals surface area (Å²) in [7, 11) is 1.73. The van der Waals surface area contributed by atoms with E-state index in [1.54, 1.807) is 7.11 Å². The molecule has 3 rings (SSSR count). The Hall–Kier alpha value is -1.77. The highest BCUT2D eigenvalue weighted by Crippen LogP contribution is 2.26. The van der Waals surface area contributed by atoms with Crippen molar-refractivity contribution in [2.24, 2.45) is 0 Å². The highest BCUT2D eigenvalue weighted by atomic mass is 16.5. The standard InChI is InChI=1S/C16H20N2O/c1-12-11-15(18-9-4-3-5-10-18)17-16-13(12)7-6-8-14(16)19-2/h6-8,11H,3-5,9-10H2,1-2H3/p+1. The van der Waals surface area contributed by atoms with Gasteiger partial charge in [-0.25, -0.2) is 4.98 Å². The first-order valence-corrected chi connectivity index (χ1v) is 7.04. The molecule has 1 fully saturated rings. The minimum absolute atomic E-state index is 0.916. The summed E-state index contributed by atoms with van der Waals surface area (Å²) in [6.45, 7) is 4.47. The highest BCUT2D eigenvalue weighted by molar-refractivity contribution is 5.85. The molecule has 1 aromatic carbocycles.